The largest absolute Gasteiger partial charge is 0.399 e. The Morgan fingerprint density at radius 1 is 1.39 bits per heavy atom. The van der Waals surface area contributed by atoms with Crippen LogP contribution in [-0.2, 0) is 10.8 Å². The zero-order valence-electron chi connectivity index (χ0n) is 10.4. The summed E-state index contributed by atoms with van der Waals surface area (Å²) in [7, 11) is -0.696. The number of rotatable bonds is 2. The van der Waals surface area contributed by atoms with Crippen LogP contribution >= 0.6 is 0 Å². The van der Waals surface area contributed by atoms with Crippen LogP contribution in [-0.4, -0.2) is 27.7 Å². The van der Waals surface area contributed by atoms with Crippen LogP contribution in [0.5, 0.6) is 0 Å². The number of aryl methyl sites for hydroxylation is 1. The molecule has 98 valence electrons. The zero-order chi connectivity index (χ0) is 13.1. The normalized spacial score (nSPS) is 23.6. The van der Waals surface area contributed by atoms with Gasteiger partial charge in [-0.3, -0.25) is 9.00 Å². The van der Waals surface area contributed by atoms with E-state index in [0.29, 0.717) is 22.8 Å². The average molecular weight is 266 g/mol. The molecule has 1 aromatic carbocycles. The summed E-state index contributed by atoms with van der Waals surface area (Å²) in [4.78, 5) is 12.1. The number of carbonyl (C=O) groups excluding carboxylic acids is 1. The third-order valence-corrected chi connectivity index (χ3v) is 4.60. The number of amides is 1. The summed E-state index contributed by atoms with van der Waals surface area (Å²) in [6.07, 6.45) is 1.60. The Balaban J connectivity index is 2.01. The molecule has 1 amide bonds. The van der Waals surface area contributed by atoms with Gasteiger partial charge in [-0.2, -0.15) is 0 Å². The van der Waals surface area contributed by atoms with E-state index in [2.05, 4.69) is 5.32 Å². The van der Waals surface area contributed by atoms with Gasteiger partial charge in [-0.25, -0.2) is 0 Å². The Labute approximate surface area is 109 Å². The minimum absolute atomic E-state index is 0.0646. The number of nitrogens with one attached hydrogen (secondary N) is 1. The summed E-state index contributed by atoms with van der Waals surface area (Å²) in [5.74, 6) is 1.31. The summed E-state index contributed by atoms with van der Waals surface area (Å²) >= 11 is 0. The standard InChI is InChI=1S/C13H18N2O2S/c1-9-8-10(14)2-3-12(9)13(16)15-11-4-6-18(17)7-5-11/h2-3,8,11H,4-7,14H2,1H3,(H,15,16). The van der Waals surface area contributed by atoms with Gasteiger partial charge in [0.2, 0.25) is 0 Å². The van der Waals surface area contributed by atoms with Crippen molar-refractivity contribution in [2.75, 3.05) is 17.2 Å². The molecule has 1 fully saturated rings. The molecule has 1 aliphatic heterocycles. The quantitative estimate of drug-likeness (QED) is 0.791. The second kappa shape index (κ2) is 5.52. The third kappa shape index (κ3) is 3.10. The van der Waals surface area contributed by atoms with Crippen molar-refractivity contribution in [2.24, 2.45) is 0 Å². The van der Waals surface area contributed by atoms with Gasteiger partial charge in [0.1, 0.15) is 0 Å². The number of anilines is 1. The predicted octanol–water partition coefficient (Wildman–Crippen LogP) is 1.22. The van der Waals surface area contributed by atoms with E-state index in [-0.39, 0.29) is 11.9 Å². The van der Waals surface area contributed by atoms with Gasteiger partial charge in [-0.1, -0.05) is 0 Å². The first-order valence-electron chi connectivity index (χ1n) is 6.08. The summed E-state index contributed by atoms with van der Waals surface area (Å²) in [5.41, 5.74) is 7.87. The van der Waals surface area contributed by atoms with Crippen molar-refractivity contribution < 1.29 is 9.00 Å². The summed E-state index contributed by atoms with van der Waals surface area (Å²) in [5, 5.41) is 3.00. The Morgan fingerprint density at radius 2 is 2.06 bits per heavy atom. The molecule has 0 unspecified atom stereocenters. The molecule has 0 aliphatic carbocycles. The molecular weight excluding hydrogens is 248 g/mol. The Morgan fingerprint density at radius 3 is 2.67 bits per heavy atom. The van der Waals surface area contributed by atoms with Crippen molar-refractivity contribution >= 4 is 22.4 Å². The van der Waals surface area contributed by atoms with Gasteiger partial charge >= 0.3 is 0 Å². The fourth-order valence-electron chi connectivity index (χ4n) is 2.14. The zero-order valence-corrected chi connectivity index (χ0v) is 11.3. The minimum atomic E-state index is -0.696. The van der Waals surface area contributed by atoms with Crippen LogP contribution in [0.25, 0.3) is 0 Å². The molecular formula is C13H18N2O2S. The lowest BCUT2D eigenvalue weighted by Gasteiger charge is -2.22. The Bertz CT molecular complexity index is 478. The van der Waals surface area contributed by atoms with E-state index >= 15 is 0 Å². The molecule has 18 heavy (non-hydrogen) atoms. The summed E-state index contributed by atoms with van der Waals surface area (Å²) < 4.78 is 11.2. The molecule has 1 aliphatic rings. The van der Waals surface area contributed by atoms with Crippen molar-refractivity contribution in [3.63, 3.8) is 0 Å². The van der Waals surface area contributed by atoms with E-state index in [9.17, 15) is 9.00 Å². The van der Waals surface area contributed by atoms with E-state index in [1.165, 1.54) is 0 Å². The molecule has 0 aromatic heterocycles. The molecule has 0 saturated carbocycles. The lowest BCUT2D eigenvalue weighted by molar-refractivity contribution is 0.0934. The van der Waals surface area contributed by atoms with E-state index in [1.807, 2.05) is 6.92 Å². The summed E-state index contributed by atoms with van der Waals surface area (Å²) in [6, 6.07) is 5.43. The SMILES string of the molecule is Cc1cc(N)ccc1C(=O)NC1CCS(=O)CC1. The number of hydrogen-bond acceptors (Lipinski definition) is 3. The third-order valence-electron chi connectivity index (χ3n) is 3.22. The summed E-state index contributed by atoms with van der Waals surface area (Å²) in [6.45, 7) is 1.88. The Kier molecular flexibility index (Phi) is 4.01. The molecule has 2 rings (SSSR count). The van der Waals surface area contributed by atoms with Crippen molar-refractivity contribution in [2.45, 2.75) is 25.8 Å². The fraction of sp³-hybridized carbons (Fsp3) is 0.462. The van der Waals surface area contributed by atoms with Crippen LogP contribution in [0.15, 0.2) is 18.2 Å². The van der Waals surface area contributed by atoms with Crippen LogP contribution < -0.4 is 11.1 Å². The fourth-order valence-corrected chi connectivity index (χ4v) is 3.44. The monoisotopic (exact) mass is 266 g/mol. The van der Waals surface area contributed by atoms with E-state index in [1.54, 1.807) is 18.2 Å². The topological polar surface area (TPSA) is 72.2 Å². The highest BCUT2D eigenvalue weighted by Crippen LogP contribution is 2.14. The molecule has 1 saturated heterocycles. The van der Waals surface area contributed by atoms with Gasteiger partial charge < -0.3 is 11.1 Å². The number of nitrogen functional groups attached to an aromatic ring is 1. The molecule has 4 nitrogen and oxygen atoms in total. The van der Waals surface area contributed by atoms with Crippen molar-refractivity contribution in [1.82, 2.24) is 5.32 Å². The van der Waals surface area contributed by atoms with Gasteiger partial charge in [0.25, 0.3) is 5.91 Å². The molecule has 1 aromatic rings. The maximum absolute atomic E-state index is 12.1. The molecule has 0 radical (unpaired) electrons. The maximum Gasteiger partial charge on any atom is 0.251 e. The predicted molar refractivity (Wildman–Crippen MR) is 74.0 cm³/mol. The van der Waals surface area contributed by atoms with Gasteiger partial charge in [0, 0.05) is 39.6 Å². The van der Waals surface area contributed by atoms with Gasteiger partial charge in [0.15, 0.2) is 0 Å². The van der Waals surface area contributed by atoms with Gasteiger partial charge in [-0.05, 0) is 43.5 Å². The number of carbonyl (C=O) groups is 1. The van der Waals surface area contributed by atoms with Crippen molar-refractivity contribution in [1.29, 1.82) is 0 Å². The van der Waals surface area contributed by atoms with Crippen LogP contribution in [0.3, 0.4) is 0 Å². The lowest BCUT2D eigenvalue weighted by atomic mass is 10.1. The highest BCUT2D eigenvalue weighted by molar-refractivity contribution is 7.85. The number of benzene rings is 1. The minimum Gasteiger partial charge on any atom is -0.399 e. The van der Waals surface area contributed by atoms with Crippen LogP contribution in [0.1, 0.15) is 28.8 Å². The maximum atomic E-state index is 12.1. The van der Waals surface area contributed by atoms with Gasteiger partial charge in [0.05, 0.1) is 0 Å². The van der Waals surface area contributed by atoms with Crippen LogP contribution in [0.2, 0.25) is 0 Å². The van der Waals surface area contributed by atoms with E-state index < -0.39 is 10.8 Å². The molecule has 5 heteroatoms. The first-order valence-corrected chi connectivity index (χ1v) is 7.57. The van der Waals surface area contributed by atoms with Crippen LogP contribution in [0.4, 0.5) is 5.69 Å². The van der Waals surface area contributed by atoms with Crippen LogP contribution in [0, 0.1) is 6.92 Å². The average Bonchev–Trinajstić information content (AvgIpc) is 2.32. The Hall–Kier alpha value is -1.36. The number of hydrogen-bond donors (Lipinski definition) is 2. The van der Waals surface area contributed by atoms with Gasteiger partial charge in [-0.15, -0.1) is 0 Å². The smallest absolute Gasteiger partial charge is 0.251 e. The van der Waals surface area contributed by atoms with E-state index in [0.717, 1.165) is 18.4 Å². The highest BCUT2D eigenvalue weighted by Gasteiger charge is 2.20. The van der Waals surface area contributed by atoms with Crippen molar-refractivity contribution in [3.8, 4) is 0 Å². The molecule has 0 spiro atoms. The molecule has 1 heterocycles. The first-order chi connectivity index (χ1) is 8.56. The van der Waals surface area contributed by atoms with E-state index in [4.69, 9.17) is 5.73 Å². The van der Waals surface area contributed by atoms with Crippen molar-refractivity contribution in [3.05, 3.63) is 29.3 Å². The molecule has 0 atom stereocenters. The second-order valence-corrected chi connectivity index (χ2v) is 6.37. The number of nitrogens with two attached hydrogens (primary N) is 1. The highest BCUT2D eigenvalue weighted by atomic mass is 32.2. The lowest BCUT2D eigenvalue weighted by Crippen LogP contribution is -2.39. The first kappa shape index (κ1) is 13.1. The second-order valence-electron chi connectivity index (χ2n) is 4.67. The molecule has 3 N–H and O–H groups in total. The molecule has 0 bridgehead atoms.